The number of aliphatic imine (C=N–C) groups is 1. The second-order valence-corrected chi connectivity index (χ2v) is 4.30. The van der Waals surface area contributed by atoms with Crippen LogP contribution >= 0.6 is 15.9 Å². The lowest BCUT2D eigenvalue weighted by Crippen LogP contribution is -2.16. The first kappa shape index (κ1) is 10.1. The molecule has 0 bridgehead atoms. The predicted molar refractivity (Wildman–Crippen MR) is 57.9 cm³/mol. The van der Waals surface area contributed by atoms with Crippen molar-refractivity contribution < 1.29 is 4.79 Å². The standard InChI is InChI=1S/C11H7BrN2O/c12-10-3-1-2-9-8(10)4-5-11(9,6-13)14-7-15/h1-3H,4-5H2. The molecule has 0 radical (unpaired) electrons. The number of isocyanates is 1. The van der Waals surface area contributed by atoms with E-state index < -0.39 is 5.54 Å². The third-order valence-corrected chi connectivity index (χ3v) is 3.47. The summed E-state index contributed by atoms with van der Waals surface area (Å²) in [5.41, 5.74) is 0.877. The van der Waals surface area contributed by atoms with Crippen molar-refractivity contribution in [2.45, 2.75) is 18.4 Å². The number of nitriles is 1. The molecule has 0 amide bonds. The fourth-order valence-corrected chi connectivity index (χ4v) is 2.54. The van der Waals surface area contributed by atoms with Gasteiger partial charge in [-0.2, -0.15) is 10.3 Å². The molecule has 74 valence electrons. The Balaban J connectivity index is 2.67. The van der Waals surface area contributed by atoms with Crippen molar-refractivity contribution >= 4 is 22.0 Å². The van der Waals surface area contributed by atoms with Crippen molar-refractivity contribution in [3.63, 3.8) is 0 Å². The van der Waals surface area contributed by atoms with Gasteiger partial charge in [0.15, 0.2) is 5.54 Å². The third kappa shape index (κ3) is 1.41. The van der Waals surface area contributed by atoms with Crippen LogP contribution in [0.3, 0.4) is 0 Å². The third-order valence-electron chi connectivity index (χ3n) is 2.72. The minimum atomic E-state index is -1.01. The van der Waals surface area contributed by atoms with Crippen molar-refractivity contribution in [2.24, 2.45) is 4.99 Å². The average Bonchev–Trinajstić information content (AvgIpc) is 2.61. The topological polar surface area (TPSA) is 53.2 Å². The highest BCUT2D eigenvalue weighted by Gasteiger charge is 2.39. The van der Waals surface area contributed by atoms with Crippen LogP contribution in [0, 0.1) is 11.3 Å². The maximum absolute atomic E-state index is 10.4. The Hall–Kier alpha value is -1.43. The fraction of sp³-hybridized carbons (Fsp3) is 0.273. The van der Waals surface area contributed by atoms with E-state index in [0.717, 1.165) is 22.0 Å². The molecule has 1 aromatic carbocycles. The number of benzene rings is 1. The Kier molecular flexibility index (Phi) is 2.44. The molecule has 0 heterocycles. The van der Waals surface area contributed by atoms with Gasteiger partial charge in [-0.1, -0.05) is 28.1 Å². The number of fused-ring (bicyclic) bond motifs is 1. The first-order chi connectivity index (χ1) is 7.23. The maximum atomic E-state index is 10.4. The highest BCUT2D eigenvalue weighted by Crippen LogP contribution is 2.42. The van der Waals surface area contributed by atoms with Gasteiger partial charge in [-0.15, -0.1) is 0 Å². The number of carbonyl (C=O) groups excluding carboxylic acids is 1. The molecule has 1 atom stereocenters. The van der Waals surface area contributed by atoms with E-state index in [9.17, 15) is 4.79 Å². The van der Waals surface area contributed by atoms with E-state index in [4.69, 9.17) is 5.26 Å². The van der Waals surface area contributed by atoms with E-state index >= 15 is 0 Å². The summed E-state index contributed by atoms with van der Waals surface area (Å²) in [6.07, 6.45) is 2.81. The van der Waals surface area contributed by atoms with Gasteiger partial charge < -0.3 is 0 Å². The lowest BCUT2D eigenvalue weighted by molar-refractivity contribution is 0.532. The lowest BCUT2D eigenvalue weighted by atomic mass is 9.94. The van der Waals surface area contributed by atoms with E-state index in [-0.39, 0.29) is 0 Å². The summed E-state index contributed by atoms with van der Waals surface area (Å²) in [7, 11) is 0. The van der Waals surface area contributed by atoms with Crippen molar-refractivity contribution in [1.82, 2.24) is 0 Å². The van der Waals surface area contributed by atoms with Crippen molar-refractivity contribution in [2.75, 3.05) is 0 Å². The lowest BCUT2D eigenvalue weighted by Gasteiger charge is -2.14. The SMILES string of the molecule is N#CC1(N=C=O)CCc2c(Br)cccc21. The highest BCUT2D eigenvalue weighted by atomic mass is 79.9. The number of nitrogens with zero attached hydrogens (tertiary/aromatic N) is 2. The second-order valence-electron chi connectivity index (χ2n) is 3.44. The zero-order chi connectivity index (χ0) is 10.9. The van der Waals surface area contributed by atoms with E-state index in [1.165, 1.54) is 6.08 Å². The molecule has 4 heteroatoms. The molecule has 0 aliphatic heterocycles. The molecular weight excluding hydrogens is 256 g/mol. The molecule has 0 fully saturated rings. The van der Waals surface area contributed by atoms with E-state index in [1.54, 1.807) is 0 Å². The predicted octanol–water partition coefficient (Wildman–Crippen LogP) is 2.45. The summed E-state index contributed by atoms with van der Waals surface area (Å²) >= 11 is 3.43. The van der Waals surface area contributed by atoms with Crippen LogP contribution in [0.4, 0.5) is 0 Å². The first-order valence-electron chi connectivity index (χ1n) is 4.52. The normalized spacial score (nSPS) is 22.7. The first-order valence-corrected chi connectivity index (χ1v) is 5.31. The van der Waals surface area contributed by atoms with Gasteiger partial charge in [0, 0.05) is 4.47 Å². The van der Waals surface area contributed by atoms with Crippen molar-refractivity contribution in [3.8, 4) is 6.07 Å². The quantitative estimate of drug-likeness (QED) is 0.577. The van der Waals surface area contributed by atoms with Gasteiger partial charge in [-0.25, -0.2) is 4.79 Å². The van der Waals surface area contributed by atoms with E-state index in [2.05, 4.69) is 27.0 Å². The second kappa shape index (κ2) is 3.62. The number of hydrogen-bond acceptors (Lipinski definition) is 3. The summed E-state index contributed by atoms with van der Waals surface area (Å²) in [6, 6.07) is 7.73. The van der Waals surface area contributed by atoms with Gasteiger partial charge in [0.1, 0.15) is 0 Å². The van der Waals surface area contributed by atoms with Crippen LogP contribution in [0.1, 0.15) is 17.5 Å². The van der Waals surface area contributed by atoms with Crippen LogP contribution in [0.5, 0.6) is 0 Å². The van der Waals surface area contributed by atoms with Crippen LogP contribution in [0.15, 0.2) is 27.7 Å². The van der Waals surface area contributed by atoms with Crippen LogP contribution < -0.4 is 0 Å². The van der Waals surface area contributed by atoms with Crippen LogP contribution in [-0.2, 0) is 16.8 Å². The number of hydrogen-bond donors (Lipinski definition) is 0. The molecule has 15 heavy (non-hydrogen) atoms. The largest absolute Gasteiger partial charge is 0.236 e. The Labute approximate surface area is 95.6 Å². The molecule has 2 rings (SSSR count). The van der Waals surface area contributed by atoms with Gasteiger partial charge in [-0.3, -0.25) is 0 Å². The van der Waals surface area contributed by atoms with Crippen molar-refractivity contribution in [3.05, 3.63) is 33.8 Å². The van der Waals surface area contributed by atoms with Gasteiger partial charge in [0.05, 0.1) is 6.07 Å². The Morgan fingerprint density at radius 2 is 2.33 bits per heavy atom. The minimum absolute atomic E-state index is 0.552. The smallest absolute Gasteiger partial charge is 0.211 e. The molecule has 1 aromatic rings. The minimum Gasteiger partial charge on any atom is -0.211 e. The highest BCUT2D eigenvalue weighted by molar-refractivity contribution is 9.10. The zero-order valence-electron chi connectivity index (χ0n) is 7.83. The summed E-state index contributed by atoms with van der Waals surface area (Å²) in [5.74, 6) is 0. The van der Waals surface area contributed by atoms with Gasteiger partial charge in [0.25, 0.3) is 0 Å². The van der Waals surface area contributed by atoms with Gasteiger partial charge in [-0.05, 0) is 30.0 Å². The Morgan fingerprint density at radius 3 is 3.00 bits per heavy atom. The van der Waals surface area contributed by atoms with Crippen LogP contribution in [0.25, 0.3) is 0 Å². The molecule has 1 aliphatic carbocycles. The molecule has 0 spiro atoms. The van der Waals surface area contributed by atoms with Crippen molar-refractivity contribution in [1.29, 1.82) is 5.26 Å². The van der Waals surface area contributed by atoms with Gasteiger partial charge >= 0.3 is 0 Å². The van der Waals surface area contributed by atoms with E-state index in [1.807, 2.05) is 18.2 Å². The average molecular weight is 263 g/mol. The molecular formula is C11H7BrN2O. The van der Waals surface area contributed by atoms with E-state index in [0.29, 0.717) is 6.42 Å². The molecule has 0 saturated carbocycles. The molecule has 0 N–H and O–H groups in total. The molecule has 3 nitrogen and oxygen atoms in total. The summed E-state index contributed by atoms with van der Waals surface area (Å²) < 4.78 is 0.971. The number of halogens is 1. The van der Waals surface area contributed by atoms with Gasteiger partial charge in [0.2, 0.25) is 6.08 Å². The zero-order valence-corrected chi connectivity index (χ0v) is 9.41. The maximum Gasteiger partial charge on any atom is 0.236 e. The number of rotatable bonds is 1. The fourth-order valence-electron chi connectivity index (χ4n) is 1.98. The Bertz CT molecular complexity index is 500. The molecule has 1 unspecified atom stereocenters. The van der Waals surface area contributed by atoms with Crippen LogP contribution in [0.2, 0.25) is 0 Å². The monoisotopic (exact) mass is 262 g/mol. The molecule has 0 saturated heterocycles. The van der Waals surface area contributed by atoms with Crippen LogP contribution in [-0.4, -0.2) is 6.08 Å². The molecule has 0 aromatic heterocycles. The summed E-state index contributed by atoms with van der Waals surface area (Å²) in [4.78, 5) is 14.0. The summed E-state index contributed by atoms with van der Waals surface area (Å²) in [6.45, 7) is 0. The molecule has 1 aliphatic rings. The Morgan fingerprint density at radius 1 is 1.53 bits per heavy atom. The summed E-state index contributed by atoms with van der Waals surface area (Å²) in [5, 5.41) is 9.15.